The minimum absolute atomic E-state index is 0.00318. The fourth-order valence-electron chi connectivity index (χ4n) is 2.89. The highest BCUT2D eigenvalue weighted by Crippen LogP contribution is 2.36. The second kappa shape index (κ2) is 9.17. The van der Waals surface area contributed by atoms with Crippen LogP contribution in [0.1, 0.15) is 33.5 Å². The number of carboxylic acid groups (broad SMARTS) is 1. The molecule has 0 saturated heterocycles. The molecule has 0 aliphatic rings. The van der Waals surface area contributed by atoms with Gasteiger partial charge < -0.3 is 10.0 Å². The Balaban J connectivity index is 2.43. The van der Waals surface area contributed by atoms with Crippen molar-refractivity contribution in [2.75, 3.05) is 7.05 Å². The molecule has 1 unspecified atom stereocenters. The molecule has 0 aromatic heterocycles. The maximum atomic E-state index is 13.1. The molecule has 0 heterocycles. The molecule has 1 atom stereocenters. The summed E-state index contributed by atoms with van der Waals surface area (Å²) in [5.41, 5.74) is -3.54. The largest absolute Gasteiger partial charge is 0.481 e. The third kappa shape index (κ3) is 6.61. The van der Waals surface area contributed by atoms with Crippen molar-refractivity contribution in [3.05, 3.63) is 69.7 Å². The summed E-state index contributed by atoms with van der Waals surface area (Å²) in [7, 11) is 1.12. The lowest BCUT2D eigenvalue weighted by Crippen LogP contribution is -2.40. The van der Waals surface area contributed by atoms with Crippen molar-refractivity contribution in [2.45, 2.75) is 31.2 Å². The molecule has 1 amide bonds. The van der Waals surface area contributed by atoms with Crippen molar-refractivity contribution >= 4 is 23.5 Å². The molecule has 2 aromatic carbocycles. The summed E-state index contributed by atoms with van der Waals surface area (Å²) in [4.78, 5) is 24.8. The van der Waals surface area contributed by atoms with E-state index in [0.717, 1.165) is 11.9 Å². The maximum absolute atomic E-state index is 13.1. The molecule has 4 nitrogen and oxygen atoms in total. The number of halogens is 7. The fraction of sp³-hybridized carbons (Fsp3) is 0.300. The Hall–Kier alpha value is -2.75. The second-order valence-electron chi connectivity index (χ2n) is 6.79. The second-order valence-corrected chi connectivity index (χ2v) is 7.23. The van der Waals surface area contributed by atoms with Gasteiger partial charge in [-0.1, -0.05) is 23.7 Å². The molecule has 1 N–H and O–H groups in total. The van der Waals surface area contributed by atoms with Crippen LogP contribution >= 0.6 is 11.6 Å². The van der Waals surface area contributed by atoms with Crippen LogP contribution in [0, 0.1) is 0 Å². The summed E-state index contributed by atoms with van der Waals surface area (Å²) >= 11 is 5.79. The van der Waals surface area contributed by atoms with E-state index in [1.807, 2.05) is 0 Å². The van der Waals surface area contributed by atoms with Gasteiger partial charge in [0.15, 0.2) is 0 Å². The van der Waals surface area contributed by atoms with E-state index in [4.69, 9.17) is 16.7 Å². The van der Waals surface area contributed by atoms with Crippen molar-refractivity contribution in [2.24, 2.45) is 0 Å². The van der Waals surface area contributed by atoms with Gasteiger partial charge in [-0.25, -0.2) is 0 Å². The zero-order chi connectivity index (χ0) is 23.6. The number of amides is 1. The molecule has 0 spiro atoms. The molecule has 0 aliphatic carbocycles. The Morgan fingerprint density at radius 3 is 1.87 bits per heavy atom. The Kier molecular flexibility index (Phi) is 7.25. The molecule has 2 rings (SSSR count). The SMILES string of the molecule is CN(C(=O)c1cc(C(F)(F)F)cc(C(F)(F)F)c1)C(CC(=O)O)Cc1ccc(Cl)cc1. The van der Waals surface area contributed by atoms with Crippen LogP contribution < -0.4 is 0 Å². The highest BCUT2D eigenvalue weighted by molar-refractivity contribution is 6.30. The minimum atomic E-state index is -5.11. The molecule has 0 aliphatic heterocycles. The number of hydrogen-bond donors (Lipinski definition) is 1. The number of carboxylic acids is 1. The van der Waals surface area contributed by atoms with Gasteiger partial charge in [0, 0.05) is 23.7 Å². The van der Waals surface area contributed by atoms with E-state index in [9.17, 15) is 35.9 Å². The maximum Gasteiger partial charge on any atom is 0.416 e. The lowest BCUT2D eigenvalue weighted by atomic mass is 9.99. The highest BCUT2D eigenvalue weighted by atomic mass is 35.5. The Morgan fingerprint density at radius 1 is 0.968 bits per heavy atom. The number of likely N-dealkylation sites (N-methyl/N-ethyl adjacent to an activating group) is 1. The quantitative estimate of drug-likeness (QED) is 0.568. The summed E-state index contributed by atoms with van der Waals surface area (Å²) in [6.07, 6.45) is -10.8. The molecular weight excluding hydrogens is 452 g/mol. The lowest BCUT2D eigenvalue weighted by Gasteiger charge is -2.28. The van der Waals surface area contributed by atoms with Crippen LogP contribution in [-0.4, -0.2) is 35.0 Å². The van der Waals surface area contributed by atoms with Gasteiger partial charge in [-0.05, 0) is 42.3 Å². The van der Waals surface area contributed by atoms with Gasteiger partial charge in [0.2, 0.25) is 0 Å². The zero-order valence-corrected chi connectivity index (χ0v) is 16.6. The third-order valence-corrected chi connectivity index (χ3v) is 4.75. The van der Waals surface area contributed by atoms with Crippen LogP contribution in [0.15, 0.2) is 42.5 Å². The molecule has 0 fully saturated rings. The normalized spacial score (nSPS) is 13.0. The summed E-state index contributed by atoms with van der Waals surface area (Å²) in [5, 5.41) is 9.56. The first-order valence-electron chi connectivity index (χ1n) is 8.71. The van der Waals surface area contributed by atoms with Crippen LogP contribution in [-0.2, 0) is 23.6 Å². The van der Waals surface area contributed by atoms with E-state index in [2.05, 4.69) is 0 Å². The molecule has 0 bridgehead atoms. The molecule has 31 heavy (non-hydrogen) atoms. The Labute approximate surface area is 178 Å². The van der Waals surface area contributed by atoms with E-state index in [0.29, 0.717) is 22.7 Å². The fourth-order valence-corrected chi connectivity index (χ4v) is 3.01. The smallest absolute Gasteiger partial charge is 0.416 e. The van der Waals surface area contributed by atoms with Gasteiger partial charge in [0.25, 0.3) is 5.91 Å². The van der Waals surface area contributed by atoms with Gasteiger partial charge in [-0.2, -0.15) is 26.3 Å². The van der Waals surface area contributed by atoms with Crippen molar-refractivity contribution in [1.29, 1.82) is 0 Å². The number of hydrogen-bond acceptors (Lipinski definition) is 2. The average molecular weight is 468 g/mol. The van der Waals surface area contributed by atoms with Crippen molar-refractivity contribution in [1.82, 2.24) is 4.90 Å². The topological polar surface area (TPSA) is 57.6 Å². The molecule has 0 saturated carbocycles. The van der Waals surface area contributed by atoms with Crippen LogP contribution in [0.25, 0.3) is 0 Å². The first-order valence-corrected chi connectivity index (χ1v) is 9.09. The zero-order valence-electron chi connectivity index (χ0n) is 15.9. The summed E-state index contributed by atoms with van der Waals surface area (Å²) in [5.74, 6) is -2.46. The average Bonchev–Trinajstić information content (AvgIpc) is 2.66. The van der Waals surface area contributed by atoms with Crippen LogP contribution in [0.5, 0.6) is 0 Å². The molecule has 11 heteroatoms. The van der Waals surface area contributed by atoms with E-state index in [1.165, 1.54) is 12.1 Å². The van der Waals surface area contributed by atoms with E-state index >= 15 is 0 Å². The third-order valence-electron chi connectivity index (χ3n) is 4.50. The Morgan fingerprint density at radius 2 is 1.45 bits per heavy atom. The molecule has 168 valence electrons. The highest BCUT2D eigenvalue weighted by Gasteiger charge is 2.38. The standard InChI is InChI=1S/C20H16ClF6NO3/c1-28(16(10-17(29)30)6-11-2-4-15(21)5-3-11)18(31)12-7-13(19(22,23)24)9-14(8-12)20(25,26)27/h2-5,7-9,16H,6,10H2,1H3,(H,29,30). The van der Waals surface area contributed by atoms with Gasteiger partial charge >= 0.3 is 18.3 Å². The summed E-state index contributed by atoms with van der Waals surface area (Å²) in [6.45, 7) is 0. The van der Waals surface area contributed by atoms with Gasteiger partial charge in [-0.3, -0.25) is 9.59 Å². The number of benzene rings is 2. The number of nitrogens with zero attached hydrogens (tertiary/aromatic N) is 1. The first-order chi connectivity index (χ1) is 14.2. The molecule has 2 aromatic rings. The Bertz CT molecular complexity index is 925. The summed E-state index contributed by atoms with van der Waals surface area (Å²) < 4.78 is 78.4. The number of rotatable bonds is 6. The van der Waals surface area contributed by atoms with Crippen molar-refractivity contribution in [3.8, 4) is 0 Å². The van der Waals surface area contributed by atoms with Gasteiger partial charge in [-0.15, -0.1) is 0 Å². The number of aliphatic carboxylic acids is 1. The van der Waals surface area contributed by atoms with Crippen LogP contribution in [0.2, 0.25) is 5.02 Å². The van der Waals surface area contributed by atoms with E-state index in [-0.39, 0.29) is 12.5 Å². The summed E-state index contributed by atoms with van der Waals surface area (Å²) in [6, 6.07) is 5.71. The van der Waals surface area contributed by atoms with Crippen molar-refractivity contribution in [3.63, 3.8) is 0 Å². The predicted octanol–water partition coefficient (Wildman–Crippen LogP) is 5.54. The van der Waals surface area contributed by atoms with Gasteiger partial charge in [0.05, 0.1) is 17.5 Å². The van der Waals surface area contributed by atoms with Crippen LogP contribution in [0.3, 0.4) is 0 Å². The van der Waals surface area contributed by atoms with E-state index < -0.39 is 53.4 Å². The van der Waals surface area contributed by atoms with E-state index in [1.54, 1.807) is 12.1 Å². The number of carbonyl (C=O) groups is 2. The molecular formula is C20H16ClF6NO3. The number of carbonyl (C=O) groups excluding carboxylic acids is 1. The first kappa shape index (κ1) is 24.5. The number of alkyl halides is 6. The van der Waals surface area contributed by atoms with Crippen molar-refractivity contribution < 1.29 is 41.0 Å². The lowest BCUT2D eigenvalue weighted by molar-refractivity contribution is -0.143. The monoisotopic (exact) mass is 467 g/mol. The molecule has 0 radical (unpaired) electrons. The van der Waals surface area contributed by atoms with Crippen LogP contribution in [0.4, 0.5) is 26.3 Å². The predicted molar refractivity (Wildman–Crippen MR) is 99.7 cm³/mol. The van der Waals surface area contributed by atoms with Gasteiger partial charge in [0.1, 0.15) is 0 Å². The minimum Gasteiger partial charge on any atom is -0.481 e.